The molecule has 0 saturated carbocycles. The number of hydrogen-bond donors (Lipinski definition) is 1. The van der Waals surface area contributed by atoms with Gasteiger partial charge < -0.3 is 14.9 Å². The van der Waals surface area contributed by atoms with E-state index in [9.17, 15) is 20.0 Å². The largest absolute Gasteiger partial charge is 0.538 e. The quantitative estimate of drug-likeness (QED) is 0.359. The van der Waals surface area contributed by atoms with Crippen molar-refractivity contribution in [2.75, 3.05) is 11.1 Å². The highest BCUT2D eigenvalue weighted by atomic mass is 32.2. The molecule has 122 valence electrons. The molecule has 1 amide bonds. The van der Waals surface area contributed by atoms with Crippen molar-refractivity contribution < 1.29 is 24.0 Å². The molecule has 0 aliphatic carbocycles. The maximum atomic E-state index is 11.9. The van der Waals surface area contributed by atoms with Gasteiger partial charge in [0, 0.05) is 30.0 Å². The molecule has 9 nitrogen and oxygen atoms in total. The summed E-state index contributed by atoms with van der Waals surface area (Å²) in [5, 5.41) is 28.5. The number of nitro groups is 1. The molecule has 0 aliphatic rings. The van der Waals surface area contributed by atoms with Gasteiger partial charge in [-0.05, 0) is 18.6 Å². The second-order valence-electron chi connectivity index (χ2n) is 4.69. The molecule has 23 heavy (non-hydrogen) atoms. The van der Waals surface area contributed by atoms with Gasteiger partial charge in [0.05, 0.1) is 10.2 Å². The molecule has 0 aliphatic heterocycles. The first-order chi connectivity index (χ1) is 10.9. The molecule has 0 spiro atoms. The van der Waals surface area contributed by atoms with Crippen molar-refractivity contribution in [1.82, 2.24) is 5.27 Å². The van der Waals surface area contributed by atoms with Crippen LogP contribution in [0.4, 0.5) is 11.4 Å². The number of non-ortho nitro benzene ring substituents is 1. The number of aryl methyl sites for hydroxylation is 2. The standard InChI is InChI=1S/C13H14N4O5S/c1-8-7-9(17(20)21)3-4-10(8)14-11(18)5-6-23-12-13(19)22-15-16(12)2/h3-4,7H,5-6H2,1-2H3,(H-,14,15,18,19). The van der Waals surface area contributed by atoms with E-state index in [-0.39, 0.29) is 18.0 Å². The summed E-state index contributed by atoms with van der Waals surface area (Å²) >= 11 is 1.17. The van der Waals surface area contributed by atoms with Crippen molar-refractivity contribution in [3.05, 3.63) is 33.9 Å². The van der Waals surface area contributed by atoms with Crippen LogP contribution in [0.1, 0.15) is 12.0 Å². The number of nitrogens with one attached hydrogen (secondary N) is 1. The van der Waals surface area contributed by atoms with Crippen LogP contribution in [0.3, 0.4) is 0 Å². The summed E-state index contributed by atoms with van der Waals surface area (Å²) in [6.07, 6.45) is 0.172. The van der Waals surface area contributed by atoms with E-state index < -0.39 is 10.9 Å². The molecule has 1 aromatic carbocycles. The third-order valence-electron chi connectivity index (χ3n) is 2.98. The van der Waals surface area contributed by atoms with Gasteiger partial charge in [-0.1, -0.05) is 16.4 Å². The van der Waals surface area contributed by atoms with E-state index in [4.69, 9.17) is 0 Å². The monoisotopic (exact) mass is 338 g/mol. The van der Waals surface area contributed by atoms with Crippen LogP contribution in [-0.4, -0.2) is 21.9 Å². The highest BCUT2D eigenvalue weighted by Crippen LogP contribution is 2.23. The fraction of sp³-hybridized carbons (Fsp3) is 0.308. The molecule has 1 N–H and O–H groups in total. The van der Waals surface area contributed by atoms with E-state index in [0.717, 1.165) is 0 Å². The van der Waals surface area contributed by atoms with Crippen LogP contribution in [0.15, 0.2) is 27.7 Å². The minimum absolute atomic E-state index is 0.0287. The molecule has 1 heterocycles. The van der Waals surface area contributed by atoms with Crippen LogP contribution < -0.4 is 15.1 Å². The molecule has 2 rings (SSSR count). The number of benzene rings is 1. The Balaban J connectivity index is 1.89. The van der Waals surface area contributed by atoms with Crippen LogP contribution in [0.5, 0.6) is 5.95 Å². The summed E-state index contributed by atoms with van der Waals surface area (Å²) in [7, 11) is 1.58. The van der Waals surface area contributed by atoms with E-state index in [1.165, 1.54) is 34.6 Å². The van der Waals surface area contributed by atoms with E-state index >= 15 is 0 Å². The topological polar surface area (TPSA) is 125 Å². The van der Waals surface area contributed by atoms with Gasteiger partial charge in [0.15, 0.2) is 13.0 Å². The predicted molar refractivity (Wildman–Crippen MR) is 78.9 cm³/mol. The average molecular weight is 338 g/mol. The number of rotatable bonds is 6. The smallest absolute Gasteiger partial charge is 0.290 e. The number of nitrogens with zero attached hydrogens (tertiary/aromatic N) is 3. The molecule has 1 aromatic heterocycles. The van der Waals surface area contributed by atoms with Crippen LogP contribution in [0.25, 0.3) is 0 Å². The number of carbonyl (C=O) groups excluding carboxylic acids is 1. The van der Waals surface area contributed by atoms with Crippen molar-refractivity contribution >= 4 is 29.0 Å². The lowest BCUT2D eigenvalue weighted by Gasteiger charge is -2.07. The third-order valence-corrected chi connectivity index (χ3v) is 4.09. The Labute approximate surface area is 135 Å². The molecule has 0 atom stereocenters. The molecular weight excluding hydrogens is 324 g/mol. The molecule has 0 bridgehead atoms. The summed E-state index contributed by atoms with van der Waals surface area (Å²) in [5.74, 6) is -0.410. The van der Waals surface area contributed by atoms with E-state index in [0.29, 0.717) is 22.0 Å². The summed E-state index contributed by atoms with van der Waals surface area (Å²) in [4.78, 5) is 22.1. The average Bonchev–Trinajstić information content (AvgIpc) is 2.81. The number of amides is 1. The lowest BCUT2D eigenvalue weighted by molar-refractivity contribution is -0.772. The Hall–Kier alpha value is -2.62. The highest BCUT2D eigenvalue weighted by Gasteiger charge is 2.15. The van der Waals surface area contributed by atoms with Gasteiger partial charge in [0.25, 0.3) is 10.7 Å². The van der Waals surface area contributed by atoms with Gasteiger partial charge in [-0.2, -0.15) is 0 Å². The number of thioether (sulfide) groups is 1. The Bertz CT molecular complexity index is 726. The van der Waals surface area contributed by atoms with E-state index in [1.807, 2.05) is 0 Å². The van der Waals surface area contributed by atoms with Crippen LogP contribution >= 0.6 is 11.8 Å². The minimum atomic E-state index is -0.538. The SMILES string of the molecule is Cc1cc([N+](=O)[O-])ccc1NC(=O)CCSc1c([O-])on[n+]1C. The fourth-order valence-corrected chi connectivity index (χ4v) is 2.67. The Morgan fingerprint density at radius 2 is 2.26 bits per heavy atom. The number of anilines is 1. The third kappa shape index (κ3) is 4.19. The van der Waals surface area contributed by atoms with Gasteiger partial charge in [0.1, 0.15) is 0 Å². The van der Waals surface area contributed by atoms with Crippen LogP contribution in [0, 0.1) is 17.0 Å². The van der Waals surface area contributed by atoms with Gasteiger partial charge in [0.2, 0.25) is 5.91 Å². The van der Waals surface area contributed by atoms with Crippen molar-refractivity contribution in [3.63, 3.8) is 0 Å². The summed E-state index contributed by atoms with van der Waals surface area (Å²) in [5.41, 5.74) is 1.09. The second-order valence-corrected chi connectivity index (χ2v) is 5.78. The van der Waals surface area contributed by atoms with Gasteiger partial charge in [-0.3, -0.25) is 14.9 Å². The van der Waals surface area contributed by atoms with E-state index in [1.54, 1.807) is 14.0 Å². The number of nitro benzene ring substituents is 1. The summed E-state index contributed by atoms with van der Waals surface area (Å²) in [6.45, 7) is 1.68. The number of carbonyl (C=O) groups is 1. The minimum Gasteiger partial charge on any atom is -0.538 e. The number of hydrogen-bond acceptors (Lipinski definition) is 7. The Morgan fingerprint density at radius 1 is 1.52 bits per heavy atom. The molecule has 0 saturated heterocycles. The lowest BCUT2D eigenvalue weighted by Crippen LogP contribution is -2.32. The second kappa shape index (κ2) is 7.09. The highest BCUT2D eigenvalue weighted by molar-refractivity contribution is 7.99. The number of aromatic nitrogens is 2. The maximum Gasteiger partial charge on any atom is 0.290 e. The molecule has 0 fully saturated rings. The zero-order chi connectivity index (χ0) is 17.0. The van der Waals surface area contributed by atoms with Crippen molar-refractivity contribution in [2.45, 2.75) is 18.4 Å². The van der Waals surface area contributed by atoms with Gasteiger partial charge in [-0.25, -0.2) is 0 Å². The lowest BCUT2D eigenvalue weighted by atomic mass is 10.2. The van der Waals surface area contributed by atoms with E-state index in [2.05, 4.69) is 15.1 Å². The summed E-state index contributed by atoms with van der Waals surface area (Å²) in [6, 6.07) is 4.22. The Morgan fingerprint density at radius 3 is 2.83 bits per heavy atom. The molecule has 10 heteroatoms. The van der Waals surface area contributed by atoms with Gasteiger partial charge in [-0.15, -0.1) is 0 Å². The van der Waals surface area contributed by atoms with Crippen molar-refractivity contribution in [3.8, 4) is 5.95 Å². The maximum absolute atomic E-state index is 11.9. The first kappa shape index (κ1) is 16.7. The molecular formula is C13H14N4O5S. The zero-order valence-electron chi connectivity index (χ0n) is 12.4. The normalized spacial score (nSPS) is 10.5. The van der Waals surface area contributed by atoms with Crippen LogP contribution in [-0.2, 0) is 11.8 Å². The predicted octanol–water partition coefficient (Wildman–Crippen LogP) is 0.910. The van der Waals surface area contributed by atoms with Crippen molar-refractivity contribution in [2.24, 2.45) is 7.05 Å². The molecule has 0 unspecified atom stereocenters. The first-order valence-corrected chi connectivity index (χ1v) is 7.57. The fourth-order valence-electron chi connectivity index (χ4n) is 1.81. The first-order valence-electron chi connectivity index (χ1n) is 6.59. The summed E-state index contributed by atoms with van der Waals surface area (Å²) < 4.78 is 5.79. The van der Waals surface area contributed by atoms with Crippen LogP contribution in [0.2, 0.25) is 0 Å². The van der Waals surface area contributed by atoms with Gasteiger partial charge >= 0.3 is 0 Å². The van der Waals surface area contributed by atoms with Crippen molar-refractivity contribution in [1.29, 1.82) is 0 Å². The molecule has 0 radical (unpaired) electrons. The molecule has 2 aromatic rings. The zero-order valence-corrected chi connectivity index (χ0v) is 13.3. The Kier molecular flexibility index (Phi) is 5.16.